The molecule has 0 bridgehead atoms. The summed E-state index contributed by atoms with van der Waals surface area (Å²) in [4.78, 5) is 19.3. The quantitative estimate of drug-likeness (QED) is 0.802. The molecule has 0 radical (unpaired) electrons. The first-order valence-corrected chi connectivity index (χ1v) is 9.90. The van der Waals surface area contributed by atoms with Gasteiger partial charge in [-0.15, -0.1) is 11.3 Å². The van der Waals surface area contributed by atoms with E-state index in [4.69, 9.17) is 0 Å². The van der Waals surface area contributed by atoms with Gasteiger partial charge in [-0.05, 0) is 36.5 Å². The highest BCUT2D eigenvalue weighted by molar-refractivity contribution is 9.10. The third kappa shape index (κ3) is 4.65. The molecule has 1 aliphatic rings. The first kappa shape index (κ1) is 17.6. The summed E-state index contributed by atoms with van der Waals surface area (Å²) in [5.74, 6) is 1.35. The number of amides is 1. The summed E-state index contributed by atoms with van der Waals surface area (Å²) in [6.45, 7) is 7.74. The number of halogens is 1. The van der Waals surface area contributed by atoms with Crippen molar-refractivity contribution < 1.29 is 4.79 Å². The number of nitrogens with zero attached hydrogens (tertiary/aromatic N) is 2. The first-order chi connectivity index (χ1) is 11.5. The minimum absolute atomic E-state index is 0.127. The molecule has 1 fully saturated rings. The lowest BCUT2D eigenvalue weighted by atomic mass is 9.92. The van der Waals surface area contributed by atoms with Gasteiger partial charge < -0.3 is 0 Å². The maximum absolute atomic E-state index is 12.3. The second kappa shape index (κ2) is 7.76. The zero-order chi connectivity index (χ0) is 17.1. The molecule has 2 unspecified atom stereocenters. The van der Waals surface area contributed by atoms with Gasteiger partial charge in [0.25, 0.3) is 5.91 Å². The molecule has 1 aromatic carbocycles. The highest BCUT2D eigenvalue weighted by Crippen LogP contribution is 2.24. The Hall–Kier alpha value is -1.24. The van der Waals surface area contributed by atoms with Gasteiger partial charge in [-0.25, -0.2) is 4.98 Å². The summed E-state index contributed by atoms with van der Waals surface area (Å²) < 4.78 is 0.892. The molecular formula is C18H22BrN3OS. The lowest BCUT2D eigenvalue weighted by Gasteiger charge is -2.34. The molecule has 1 aliphatic heterocycles. The topological polar surface area (TPSA) is 45.2 Å². The number of hydrogen-bond donors (Lipinski definition) is 1. The largest absolute Gasteiger partial charge is 0.298 e. The molecular weight excluding hydrogens is 386 g/mol. The lowest BCUT2D eigenvalue weighted by molar-refractivity contribution is 0.102. The SMILES string of the molecule is CC1CC(C)CN(Cc2csc(NC(=O)c3cccc(Br)c3)n2)C1. The highest BCUT2D eigenvalue weighted by Gasteiger charge is 2.22. The Labute approximate surface area is 155 Å². The van der Waals surface area contributed by atoms with E-state index in [1.165, 1.54) is 17.8 Å². The first-order valence-electron chi connectivity index (χ1n) is 8.23. The van der Waals surface area contributed by atoms with Gasteiger partial charge in [-0.1, -0.05) is 35.8 Å². The average molecular weight is 408 g/mol. The summed E-state index contributed by atoms with van der Waals surface area (Å²) in [6, 6.07) is 7.36. The highest BCUT2D eigenvalue weighted by atomic mass is 79.9. The molecule has 1 amide bonds. The molecule has 3 rings (SSSR count). The number of likely N-dealkylation sites (tertiary alicyclic amines) is 1. The molecule has 2 aromatic rings. The molecule has 128 valence electrons. The van der Waals surface area contributed by atoms with Crippen molar-refractivity contribution in [3.8, 4) is 0 Å². The van der Waals surface area contributed by atoms with E-state index in [1.807, 2.05) is 17.5 Å². The Bertz CT molecular complexity index is 708. The van der Waals surface area contributed by atoms with Crippen molar-refractivity contribution in [2.45, 2.75) is 26.8 Å². The Morgan fingerprint density at radius 3 is 2.83 bits per heavy atom. The third-order valence-electron chi connectivity index (χ3n) is 4.19. The van der Waals surface area contributed by atoms with E-state index in [9.17, 15) is 4.79 Å². The van der Waals surface area contributed by atoms with Gasteiger partial charge in [-0.2, -0.15) is 0 Å². The van der Waals surface area contributed by atoms with Crippen LogP contribution in [-0.2, 0) is 6.54 Å². The van der Waals surface area contributed by atoms with Crippen LogP contribution in [0.4, 0.5) is 5.13 Å². The van der Waals surface area contributed by atoms with E-state index in [1.54, 1.807) is 12.1 Å². The predicted octanol–water partition coefficient (Wildman–Crippen LogP) is 4.64. The number of anilines is 1. The molecule has 0 spiro atoms. The van der Waals surface area contributed by atoms with Gasteiger partial charge in [-0.3, -0.25) is 15.0 Å². The van der Waals surface area contributed by atoms with Crippen LogP contribution < -0.4 is 5.32 Å². The molecule has 4 nitrogen and oxygen atoms in total. The van der Waals surface area contributed by atoms with Gasteiger partial charge in [0.05, 0.1) is 5.69 Å². The number of nitrogens with one attached hydrogen (secondary N) is 1. The second-order valence-electron chi connectivity index (χ2n) is 6.75. The Morgan fingerprint density at radius 2 is 2.12 bits per heavy atom. The maximum atomic E-state index is 12.3. The number of carbonyl (C=O) groups excluding carboxylic acids is 1. The van der Waals surface area contributed by atoms with Crippen LogP contribution in [0.25, 0.3) is 0 Å². The maximum Gasteiger partial charge on any atom is 0.257 e. The van der Waals surface area contributed by atoms with Crippen molar-refractivity contribution >= 4 is 38.3 Å². The monoisotopic (exact) mass is 407 g/mol. The molecule has 6 heteroatoms. The second-order valence-corrected chi connectivity index (χ2v) is 8.52. The van der Waals surface area contributed by atoms with Crippen LogP contribution in [0.5, 0.6) is 0 Å². The third-order valence-corrected chi connectivity index (χ3v) is 5.49. The zero-order valence-electron chi connectivity index (χ0n) is 14.0. The summed E-state index contributed by atoms with van der Waals surface area (Å²) in [7, 11) is 0. The lowest BCUT2D eigenvalue weighted by Crippen LogP contribution is -2.38. The van der Waals surface area contributed by atoms with E-state index < -0.39 is 0 Å². The van der Waals surface area contributed by atoms with Crippen LogP contribution >= 0.6 is 27.3 Å². The van der Waals surface area contributed by atoms with Crippen molar-refractivity contribution in [2.75, 3.05) is 18.4 Å². The van der Waals surface area contributed by atoms with Crippen molar-refractivity contribution in [2.24, 2.45) is 11.8 Å². The van der Waals surface area contributed by atoms with Crippen LogP contribution in [0.2, 0.25) is 0 Å². The summed E-state index contributed by atoms with van der Waals surface area (Å²) in [5, 5.41) is 5.59. The number of rotatable bonds is 4. The number of thiazole rings is 1. The Morgan fingerprint density at radius 1 is 1.38 bits per heavy atom. The van der Waals surface area contributed by atoms with E-state index >= 15 is 0 Å². The average Bonchev–Trinajstić information content (AvgIpc) is 2.93. The smallest absolute Gasteiger partial charge is 0.257 e. The fraction of sp³-hybridized carbons (Fsp3) is 0.444. The van der Waals surface area contributed by atoms with Gasteiger partial charge >= 0.3 is 0 Å². The van der Waals surface area contributed by atoms with Crippen LogP contribution in [0.3, 0.4) is 0 Å². The van der Waals surface area contributed by atoms with Gasteiger partial charge in [0.1, 0.15) is 0 Å². The number of hydrogen-bond acceptors (Lipinski definition) is 4. The fourth-order valence-electron chi connectivity index (χ4n) is 3.39. The number of piperidine rings is 1. The minimum Gasteiger partial charge on any atom is -0.298 e. The Kier molecular flexibility index (Phi) is 5.69. The van der Waals surface area contributed by atoms with E-state index in [-0.39, 0.29) is 5.91 Å². The van der Waals surface area contributed by atoms with Crippen LogP contribution in [0, 0.1) is 11.8 Å². The summed E-state index contributed by atoms with van der Waals surface area (Å²) >= 11 is 4.87. The van der Waals surface area contributed by atoms with Crippen LogP contribution in [0.15, 0.2) is 34.1 Å². The Balaban J connectivity index is 1.60. The van der Waals surface area contributed by atoms with Crippen molar-refractivity contribution in [3.63, 3.8) is 0 Å². The number of carbonyl (C=O) groups is 1. The van der Waals surface area contributed by atoms with E-state index in [2.05, 4.69) is 45.0 Å². The van der Waals surface area contributed by atoms with Crippen molar-refractivity contribution in [3.05, 3.63) is 45.4 Å². The van der Waals surface area contributed by atoms with Gasteiger partial charge in [0.2, 0.25) is 0 Å². The fourth-order valence-corrected chi connectivity index (χ4v) is 4.48. The normalized spacial score (nSPS) is 21.6. The molecule has 24 heavy (non-hydrogen) atoms. The standard InChI is InChI=1S/C18H22BrN3OS/c1-12-6-13(2)9-22(8-12)10-16-11-24-18(20-16)21-17(23)14-4-3-5-15(19)7-14/h3-5,7,11-13H,6,8-10H2,1-2H3,(H,20,21,23). The molecule has 2 heterocycles. The molecule has 1 saturated heterocycles. The molecule has 0 aliphatic carbocycles. The number of benzene rings is 1. The summed E-state index contributed by atoms with van der Waals surface area (Å²) in [5.41, 5.74) is 1.66. The van der Waals surface area contributed by atoms with Crippen LogP contribution in [0.1, 0.15) is 36.3 Å². The molecule has 1 aromatic heterocycles. The molecule has 2 atom stereocenters. The van der Waals surface area contributed by atoms with Gasteiger partial charge in [0.15, 0.2) is 5.13 Å². The minimum atomic E-state index is -0.127. The molecule has 0 saturated carbocycles. The van der Waals surface area contributed by atoms with Crippen LogP contribution in [-0.4, -0.2) is 28.9 Å². The predicted molar refractivity (Wildman–Crippen MR) is 102 cm³/mol. The van der Waals surface area contributed by atoms with Crippen molar-refractivity contribution in [1.29, 1.82) is 0 Å². The molecule has 1 N–H and O–H groups in total. The number of aromatic nitrogens is 1. The van der Waals surface area contributed by atoms with Gasteiger partial charge in [0, 0.05) is 35.1 Å². The van der Waals surface area contributed by atoms with E-state index in [0.29, 0.717) is 10.7 Å². The van der Waals surface area contributed by atoms with E-state index in [0.717, 1.165) is 41.6 Å². The van der Waals surface area contributed by atoms with Crippen molar-refractivity contribution in [1.82, 2.24) is 9.88 Å². The zero-order valence-corrected chi connectivity index (χ0v) is 16.4. The summed E-state index contributed by atoms with van der Waals surface area (Å²) in [6.07, 6.45) is 1.31.